The van der Waals surface area contributed by atoms with Crippen LogP contribution in [0.25, 0.3) is 10.1 Å². The first-order valence-electron chi connectivity index (χ1n) is 6.57. The molecule has 0 radical (unpaired) electrons. The highest BCUT2D eigenvalue weighted by Gasteiger charge is 2.13. The Morgan fingerprint density at radius 3 is 2.70 bits per heavy atom. The zero-order valence-corrected chi connectivity index (χ0v) is 12.5. The van der Waals surface area contributed by atoms with E-state index in [-0.39, 0.29) is 5.69 Å². The SMILES string of the molecule is O=C(N/N=C/c1ccc([N+](=O)[O-])cc1)c1nsc2ccccc12. The molecular weight excluding hydrogens is 316 g/mol. The fraction of sp³-hybridized carbons (Fsp3) is 0. The number of hydrogen-bond donors (Lipinski definition) is 1. The van der Waals surface area contributed by atoms with E-state index in [1.807, 2.05) is 24.3 Å². The minimum Gasteiger partial charge on any atom is -0.265 e. The highest BCUT2D eigenvalue weighted by molar-refractivity contribution is 7.13. The smallest absolute Gasteiger partial charge is 0.265 e. The summed E-state index contributed by atoms with van der Waals surface area (Å²) in [6.45, 7) is 0. The standard InChI is InChI=1S/C15H10N4O3S/c20-15(14-12-3-1-2-4-13(12)23-18-14)17-16-9-10-5-7-11(8-6-10)19(21)22/h1-9H,(H,17,20)/b16-9+. The Labute approximate surface area is 134 Å². The third-order valence-corrected chi connectivity index (χ3v) is 3.90. The number of hydrazone groups is 1. The topological polar surface area (TPSA) is 97.5 Å². The number of nitrogens with zero attached hydrogens (tertiary/aromatic N) is 3. The summed E-state index contributed by atoms with van der Waals surface area (Å²) in [6, 6.07) is 13.3. The number of aromatic nitrogens is 1. The molecule has 0 aliphatic rings. The molecule has 0 fully saturated rings. The number of non-ortho nitro benzene ring substituents is 1. The molecule has 114 valence electrons. The fourth-order valence-corrected chi connectivity index (χ4v) is 2.72. The molecule has 1 N–H and O–H groups in total. The van der Waals surface area contributed by atoms with E-state index in [9.17, 15) is 14.9 Å². The Balaban J connectivity index is 1.70. The Bertz CT molecular complexity index is 902. The second-order valence-electron chi connectivity index (χ2n) is 4.58. The quantitative estimate of drug-likeness (QED) is 0.453. The van der Waals surface area contributed by atoms with Gasteiger partial charge in [-0.25, -0.2) is 5.43 Å². The molecule has 0 aliphatic carbocycles. The second kappa shape index (κ2) is 6.32. The van der Waals surface area contributed by atoms with Crippen LogP contribution in [0.4, 0.5) is 5.69 Å². The molecular formula is C15H10N4O3S. The number of nitro groups is 1. The zero-order valence-electron chi connectivity index (χ0n) is 11.7. The van der Waals surface area contributed by atoms with Crippen molar-refractivity contribution in [3.8, 4) is 0 Å². The molecule has 2 aromatic carbocycles. The number of carbonyl (C=O) groups excluding carboxylic acids is 1. The molecule has 0 aliphatic heterocycles. The number of hydrogen-bond acceptors (Lipinski definition) is 6. The second-order valence-corrected chi connectivity index (χ2v) is 5.38. The van der Waals surface area contributed by atoms with Gasteiger partial charge < -0.3 is 0 Å². The van der Waals surface area contributed by atoms with Gasteiger partial charge in [0.1, 0.15) is 0 Å². The summed E-state index contributed by atoms with van der Waals surface area (Å²) in [4.78, 5) is 22.2. The van der Waals surface area contributed by atoms with Crippen molar-refractivity contribution in [2.75, 3.05) is 0 Å². The van der Waals surface area contributed by atoms with Crippen LogP contribution in [0.5, 0.6) is 0 Å². The highest BCUT2D eigenvalue weighted by atomic mass is 32.1. The van der Waals surface area contributed by atoms with Gasteiger partial charge in [0.05, 0.1) is 15.8 Å². The van der Waals surface area contributed by atoms with Crippen molar-refractivity contribution in [2.45, 2.75) is 0 Å². The number of nitrogens with one attached hydrogen (secondary N) is 1. The third-order valence-electron chi connectivity index (χ3n) is 3.08. The first-order chi connectivity index (χ1) is 11.1. The molecule has 0 saturated heterocycles. The fourth-order valence-electron chi connectivity index (χ4n) is 1.95. The lowest BCUT2D eigenvalue weighted by molar-refractivity contribution is -0.384. The van der Waals surface area contributed by atoms with Crippen LogP contribution in [-0.2, 0) is 0 Å². The van der Waals surface area contributed by atoms with Gasteiger partial charge in [-0.2, -0.15) is 9.47 Å². The molecule has 23 heavy (non-hydrogen) atoms. The highest BCUT2D eigenvalue weighted by Crippen LogP contribution is 2.21. The molecule has 3 rings (SSSR count). The van der Waals surface area contributed by atoms with Crippen LogP contribution in [0.15, 0.2) is 53.6 Å². The van der Waals surface area contributed by atoms with E-state index in [2.05, 4.69) is 14.9 Å². The molecule has 1 heterocycles. The lowest BCUT2D eigenvalue weighted by Crippen LogP contribution is -2.18. The summed E-state index contributed by atoms with van der Waals surface area (Å²) >= 11 is 1.25. The van der Waals surface area contributed by atoms with Crippen LogP contribution in [0.1, 0.15) is 16.1 Å². The van der Waals surface area contributed by atoms with Gasteiger partial charge >= 0.3 is 0 Å². The molecule has 3 aromatic rings. The minimum absolute atomic E-state index is 0.000119. The van der Waals surface area contributed by atoms with Crippen molar-refractivity contribution < 1.29 is 9.72 Å². The van der Waals surface area contributed by atoms with Gasteiger partial charge in [-0.15, -0.1) is 0 Å². The molecule has 1 amide bonds. The van der Waals surface area contributed by atoms with Gasteiger partial charge in [-0.3, -0.25) is 14.9 Å². The van der Waals surface area contributed by atoms with Crippen LogP contribution in [-0.4, -0.2) is 21.4 Å². The number of benzene rings is 2. The largest absolute Gasteiger partial charge is 0.291 e. The van der Waals surface area contributed by atoms with E-state index in [0.29, 0.717) is 11.3 Å². The molecule has 1 aromatic heterocycles. The molecule has 0 spiro atoms. The average molecular weight is 326 g/mol. The average Bonchev–Trinajstić information content (AvgIpc) is 2.99. The van der Waals surface area contributed by atoms with Gasteiger partial charge in [0.25, 0.3) is 11.6 Å². The minimum atomic E-state index is -0.476. The maximum Gasteiger partial charge on any atom is 0.291 e. The summed E-state index contributed by atoms with van der Waals surface area (Å²) in [5.41, 5.74) is 3.37. The van der Waals surface area contributed by atoms with Crippen molar-refractivity contribution in [3.63, 3.8) is 0 Å². The molecule has 0 unspecified atom stereocenters. The summed E-state index contributed by atoms with van der Waals surface area (Å²) in [5, 5.41) is 15.2. The Morgan fingerprint density at radius 2 is 1.96 bits per heavy atom. The number of fused-ring (bicyclic) bond motifs is 1. The molecule has 7 nitrogen and oxygen atoms in total. The Morgan fingerprint density at radius 1 is 1.22 bits per heavy atom. The zero-order chi connectivity index (χ0) is 16.2. The summed E-state index contributed by atoms with van der Waals surface area (Å²) in [5.74, 6) is -0.402. The van der Waals surface area contributed by atoms with E-state index < -0.39 is 10.8 Å². The van der Waals surface area contributed by atoms with Crippen molar-refractivity contribution in [3.05, 3.63) is 69.9 Å². The first kappa shape index (κ1) is 14.8. The van der Waals surface area contributed by atoms with Crippen LogP contribution in [0, 0.1) is 10.1 Å². The monoisotopic (exact) mass is 326 g/mol. The van der Waals surface area contributed by atoms with Crippen LogP contribution >= 0.6 is 11.5 Å². The van der Waals surface area contributed by atoms with Crippen molar-refractivity contribution in [1.82, 2.24) is 9.80 Å². The predicted octanol–water partition coefficient (Wildman–Crippen LogP) is 2.97. The summed E-state index contributed by atoms with van der Waals surface area (Å²) in [7, 11) is 0. The van der Waals surface area contributed by atoms with Gasteiger partial charge in [-0.1, -0.05) is 18.2 Å². The number of rotatable bonds is 4. The molecule has 0 atom stereocenters. The summed E-state index contributed by atoms with van der Waals surface area (Å²) in [6.07, 6.45) is 1.41. The van der Waals surface area contributed by atoms with E-state index in [0.717, 1.165) is 10.1 Å². The van der Waals surface area contributed by atoms with Crippen LogP contribution < -0.4 is 5.43 Å². The van der Waals surface area contributed by atoms with Crippen molar-refractivity contribution in [2.24, 2.45) is 5.10 Å². The molecule has 8 heteroatoms. The predicted molar refractivity (Wildman–Crippen MR) is 87.8 cm³/mol. The molecule has 0 saturated carbocycles. The maximum atomic E-state index is 12.1. The number of carbonyl (C=O) groups is 1. The van der Waals surface area contributed by atoms with E-state index in [4.69, 9.17) is 0 Å². The van der Waals surface area contributed by atoms with Gasteiger partial charge in [0.15, 0.2) is 5.69 Å². The van der Waals surface area contributed by atoms with Crippen LogP contribution in [0.2, 0.25) is 0 Å². The first-order valence-corrected chi connectivity index (χ1v) is 7.35. The normalized spacial score (nSPS) is 11.0. The van der Waals surface area contributed by atoms with Gasteiger partial charge in [0, 0.05) is 17.5 Å². The Kier molecular flexibility index (Phi) is 4.07. The lowest BCUT2D eigenvalue weighted by Gasteiger charge is -1.97. The van der Waals surface area contributed by atoms with Crippen LogP contribution in [0.3, 0.4) is 0 Å². The van der Waals surface area contributed by atoms with E-state index in [1.165, 1.54) is 29.9 Å². The van der Waals surface area contributed by atoms with E-state index >= 15 is 0 Å². The molecule has 0 bridgehead atoms. The maximum absolute atomic E-state index is 12.1. The Hall–Kier alpha value is -3.13. The number of nitro benzene ring substituents is 1. The number of amides is 1. The van der Waals surface area contributed by atoms with Gasteiger partial charge in [0.2, 0.25) is 0 Å². The summed E-state index contributed by atoms with van der Waals surface area (Å²) < 4.78 is 5.06. The van der Waals surface area contributed by atoms with Gasteiger partial charge in [-0.05, 0) is 35.3 Å². The van der Waals surface area contributed by atoms with Crippen molar-refractivity contribution >= 4 is 39.4 Å². The van der Waals surface area contributed by atoms with E-state index in [1.54, 1.807) is 12.1 Å². The third kappa shape index (κ3) is 3.22. The lowest BCUT2D eigenvalue weighted by atomic mass is 10.2. The van der Waals surface area contributed by atoms with Crippen molar-refractivity contribution in [1.29, 1.82) is 0 Å².